The van der Waals surface area contributed by atoms with E-state index < -0.39 is 12.2 Å². The highest BCUT2D eigenvalue weighted by Gasteiger charge is 2.38. The minimum absolute atomic E-state index is 0.167. The SMILES string of the molecule is Cc1ccc([C@@H](N)C(F)(F)F)s1. The fourth-order valence-electron chi connectivity index (χ4n) is 0.782. The van der Waals surface area contributed by atoms with E-state index in [1.807, 2.05) is 0 Å². The van der Waals surface area contributed by atoms with Crippen LogP contribution in [0.4, 0.5) is 13.2 Å². The van der Waals surface area contributed by atoms with Gasteiger partial charge in [0.05, 0.1) is 0 Å². The summed E-state index contributed by atoms with van der Waals surface area (Å²) in [6.07, 6.45) is -4.34. The monoisotopic (exact) mass is 195 g/mol. The van der Waals surface area contributed by atoms with Gasteiger partial charge in [0.25, 0.3) is 0 Å². The van der Waals surface area contributed by atoms with Gasteiger partial charge in [0.15, 0.2) is 0 Å². The van der Waals surface area contributed by atoms with Gasteiger partial charge in [0, 0.05) is 9.75 Å². The van der Waals surface area contributed by atoms with Crippen LogP contribution in [0.3, 0.4) is 0 Å². The van der Waals surface area contributed by atoms with Crippen molar-refractivity contribution >= 4 is 11.3 Å². The van der Waals surface area contributed by atoms with Crippen LogP contribution < -0.4 is 5.73 Å². The Morgan fingerprint density at radius 1 is 1.42 bits per heavy atom. The standard InChI is InChI=1S/C7H8F3NS/c1-4-2-3-5(12-4)6(11)7(8,9)10/h2-3,6H,11H2,1H3/t6-/m1/s1. The fourth-order valence-corrected chi connectivity index (χ4v) is 1.69. The average Bonchev–Trinajstić information content (AvgIpc) is 2.32. The summed E-state index contributed by atoms with van der Waals surface area (Å²) in [4.78, 5) is 1.00. The summed E-state index contributed by atoms with van der Waals surface area (Å²) >= 11 is 1.08. The molecule has 0 amide bonds. The maximum atomic E-state index is 12.0. The van der Waals surface area contributed by atoms with Gasteiger partial charge in [-0.15, -0.1) is 11.3 Å². The van der Waals surface area contributed by atoms with Crippen LogP contribution in [-0.4, -0.2) is 6.18 Å². The maximum absolute atomic E-state index is 12.0. The van der Waals surface area contributed by atoms with Gasteiger partial charge < -0.3 is 5.73 Å². The summed E-state index contributed by atoms with van der Waals surface area (Å²) in [7, 11) is 0. The van der Waals surface area contributed by atoms with Crippen molar-refractivity contribution in [2.75, 3.05) is 0 Å². The normalized spacial score (nSPS) is 14.8. The van der Waals surface area contributed by atoms with Crippen molar-refractivity contribution in [2.45, 2.75) is 19.1 Å². The van der Waals surface area contributed by atoms with Crippen LogP contribution in [0.15, 0.2) is 12.1 Å². The molecule has 0 radical (unpaired) electrons. The molecule has 68 valence electrons. The van der Waals surface area contributed by atoms with Crippen molar-refractivity contribution < 1.29 is 13.2 Å². The van der Waals surface area contributed by atoms with E-state index >= 15 is 0 Å². The van der Waals surface area contributed by atoms with Crippen LogP contribution in [0.25, 0.3) is 0 Å². The molecule has 0 saturated heterocycles. The highest BCUT2D eigenvalue weighted by atomic mass is 32.1. The molecular weight excluding hydrogens is 187 g/mol. The van der Waals surface area contributed by atoms with Gasteiger partial charge in [-0.3, -0.25) is 0 Å². The van der Waals surface area contributed by atoms with Crippen LogP contribution in [0.1, 0.15) is 15.8 Å². The van der Waals surface area contributed by atoms with Crippen LogP contribution in [0, 0.1) is 6.92 Å². The Labute approximate surface area is 72.0 Å². The lowest BCUT2D eigenvalue weighted by molar-refractivity contribution is -0.148. The van der Waals surface area contributed by atoms with Gasteiger partial charge in [-0.1, -0.05) is 0 Å². The number of hydrogen-bond donors (Lipinski definition) is 1. The molecule has 1 atom stereocenters. The molecule has 1 nitrogen and oxygen atoms in total. The third-order valence-electron chi connectivity index (χ3n) is 1.42. The number of hydrogen-bond acceptors (Lipinski definition) is 2. The topological polar surface area (TPSA) is 26.0 Å². The zero-order valence-corrected chi connectivity index (χ0v) is 7.17. The minimum atomic E-state index is -4.34. The van der Waals surface area contributed by atoms with Gasteiger partial charge in [-0.05, 0) is 19.1 Å². The van der Waals surface area contributed by atoms with Crippen LogP contribution in [0.2, 0.25) is 0 Å². The molecule has 0 aliphatic heterocycles. The zero-order valence-electron chi connectivity index (χ0n) is 6.35. The maximum Gasteiger partial charge on any atom is 0.408 e. The van der Waals surface area contributed by atoms with Crippen molar-refractivity contribution in [1.29, 1.82) is 0 Å². The number of aryl methyl sites for hydroxylation is 1. The third kappa shape index (κ3) is 1.98. The Hall–Kier alpha value is -0.550. The summed E-state index contributed by atoms with van der Waals surface area (Å²) in [6.45, 7) is 1.75. The van der Waals surface area contributed by atoms with E-state index in [1.165, 1.54) is 6.07 Å². The second kappa shape index (κ2) is 3.06. The Bertz CT molecular complexity index is 266. The third-order valence-corrected chi connectivity index (χ3v) is 2.50. The number of halogens is 3. The van der Waals surface area contributed by atoms with Crippen molar-refractivity contribution in [2.24, 2.45) is 5.73 Å². The highest BCUT2D eigenvalue weighted by molar-refractivity contribution is 7.12. The average molecular weight is 195 g/mol. The number of thiophene rings is 1. The fraction of sp³-hybridized carbons (Fsp3) is 0.429. The first-order valence-electron chi connectivity index (χ1n) is 3.30. The largest absolute Gasteiger partial charge is 0.408 e. The molecule has 2 N–H and O–H groups in total. The predicted octanol–water partition coefficient (Wildman–Crippen LogP) is 2.62. The summed E-state index contributed by atoms with van der Waals surface area (Å²) < 4.78 is 36.1. The second-order valence-corrected chi connectivity index (χ2v) is 3.79. The van der Waals surface area contributed by atoms with E-state index in [9.17, 15) is 13.2 Å². The van der Waals surface area contributed by atoms with Crippen molar-refractivity contribution in [1.82, 2.24) is 0 Å². The van der Waals surface area contributed by atoms with Gasteiger partial charge >= 0.3 is 6.18 Å². The molecule has 0 aliphatic rings. The van der Waals surface area contributed by atoms with Crippen LogP contribution in [-0.2, 0) is 0 Å². The Morgan fingerprint density at radius 3 is 2.33 bits per heavy atom. The van der Waals surface area contributed by atoms with E-state index in [0.29, 0.717) is 0 Å². The molecule has 0 bridgehead atoms. The lowest BCUT2D eigenvalue weighted by Crippen LogP contribution is -2.27. The van der Waals surface area contributed by atoms with Crippen LogP contribution in [0.5, 0.6) is 0 Å². The van der Waals surface area contributed by atoms with E-state index in [2.05, 4.69) is 0 Å². The van der Waals surface area contributed by atoms with E-state index in [4.69, 9.17) is 5.73 Å². The molecule has 0 aliphatic carbocycles. The molecule has 12 heavy (non-hydrogen) atoms. The van der Waals surface area contributed by atoms with Crippen molar-refractivity contribution in [3.63, 3.8) is 0 Å². The number of alkyl halides is 3. The quantitative estimate of drug-likeness (QED) is 0.732. The Morgan fingerprint density at radius 2 is 2.00 bits per heavy atom. The summed E-state index contributed by atoms with van der Waals surface area (Å²) in [5, 5.41) is 0. The summed E-state index contributed by atoms with van der Waals surface area (Å²) in [5.41, 5.74) is 4.97. The summed E-state index contributed by atoms with van der Waals surface area (Å²) in [5.74, 6) is 0. The second-order valence-electron chi connectivity index (χ2n) is 2.47. The van der Waals surface area contributed by atoms with E-state index in [1.54, 1.807) is 13.0 Å². The van der Waals surface area contributed by atoms with Gasteiger partial charge in [-0.2, -0.15) is 13.2 Å². The van der Waals surface area contributed by atoms with Gasteiger partial charge in [-0.25, -0.2) is 0 Å². The first-order valence-corrected chi connectivity index (χ1v) is 4.11. The lowest BCUT2D eigenvalue weighted by Gasteiger charge is -2.12. The van der Waals surface area contributed by atoms with Crippen LogP contribution >= 0.6 is 11.3 Å². The highest BCUT2D eigenvalue weighted by Crippen LogP contribution is 2.33. The zero-order chi connectivity index (χ0) is 9.35. The molecule has 0 aromatic carbocycles. The Balaban J connectivity index is 2.85. The van der Waals surface area contributed by atoms with E-state index in [0.717, 1.165) is 16.2 Å². The molecule has 1 aromatic rings. The minimum Gasteiger partial charge on any atom is -0.316 e. The molecule has 0 saturated carbocycles. The first kappa shape index (κ1) is 9.54. The number of nitrogens with two attached hydrogens (primary N) is 1. The van der Waals surface area contributed by atoms with Crippen molar-refractivity contribution in [3.05, 3.63) is 21.9 Å². The van der Waals surface area contributed by atoms with Crippen molar-refractivity contribution in [3.8, 4) is 0 Å². The lowest BCUT2D eigenvalue weighted by atomic mass is 10.2. The molecule has 0 spiro atoms. The van der Waals surface area contributed by atoms with E-state index in [-0.39, 0.29) is 4.88 Å². The summed E-state index contributed by atoms with van der Waals surface area (Å²) in [6, 6.07) is 1.21. The molecule has 5 heteroatoms. The van der Waals surface area contributed by atoms with Gasteiger partial charge in [0.2, 0.25) is 0 Å². The molecule has 1 heterocycles. The predicted molar refractivity (Wildman–Crippen MR) is 42.0 cm³/mol. The molecule has 1 rings (SSSR count). The molecule has 0 unspecified atom stereocenters. The molecule has 0 fully saturated rings. The van der Waals surface area contributed by atoms with Gasteiger partial charge in [0.1, 0.15) is 6.04 Å². The Kier molecular flexibility index (Phi) is 2.44. The first-order chi connectivity index (χ1) is 5.41. The number of rotatable bonds is 1. The molecule has 1 aromatic heterocycles. The smallest absolute Gasteiger partial charge is 0.316 e. The molecular formula is C7H8F3NS.